The number of nitrogens with two attached hydrogens (primary N) is 1. The fraction of sp³-hybridized carbons (Fsp3) is 0.292. The van der Waals surface area contributed by atoms with Gasteiger partial charge in [-0.15, -0.1) is 0 Å². The van der Waals surface area contributed by atoms with Crippen LogP contribution in [0.2, 0.25) is 10.0 Å². The number of nitrogens with zero attached hydrogens (tertiary/aromatic N) is 7. The number of anilines is 3. The number of carbonyl (C=O) groups is 1. The molecule has 0 aliphatic carbocycles. The molecular weight excluding hydrogens is 547 g/mol. The van der Waals surface area contributed by atoms with E-state index in [4.69, 9.17) is 39.2 Å². The monoisotopic (exact) mass is 570 g/mol. The topological polar surface area (TPSA) is 140 Å². The third kappa shape index (κ3) is 5.46. The number of halogens is 2. The number of nitriles is 1. The largest absolute Gasteiger partial charge is 0.382 e. The van der Waals surface area contributed by atoms with Gasteiger partial charge in [0.05, 0.1) is 16.9 Å². The summed E-state index contributed by atoms with van der Waals surface area (Å²) >= 11 is 13.8. The summed E-state index contributed by atoms with van der Waals surface area (Å²) in [5.74, 6) is 0.632. The van der Waals surface area contributed by atoms with Crippen LogP contribution in [0.25, 0.3) is 16.8 Å². The Morgan fingerprint density at radius 3 is 2.63 bits per heavy atom. The zero-order valence-corrected chi connectivity index (χ0v) is 22.7. The van der Waals surface area contributed by atoms with E-state index in [1.54, 1.807) is 35.0 Å². The standard InChI is InChI=1S/C24H24Cl2N10OS/c1-34-6-8-35(9-7-34)23(37)17-11-19-22(29-4-5-30-24-32-21(28)20(12-27)38-24)31-18(13-36(19)33-17)15-3-2-14(25)10-16(15)26/h2-3,10-11,13H,4-9,28H2,1H3,(H,29,31)(H,30,32). The number of likely N-dealkylation sites (N-methyl/N-ethyl adjacent to an activating group) is 1. The lowest BCUT2D eigenvalue weighted by molar-refractivity contribution is 0.0658. The van der Waals surface area contributed by atoms with E-state index in [0.29, 0.717) is 74.5 Å². The van der Waals surface area contributed by atoms with Crippen LogP contribution in [0.4, 0.5) is 16.8 Å². The lowest BCUT2D eigenvalue weighted by Crippen LogP contribution is -2.47. The zero-order chi connectivity index (χ0) is 26.8. The first-order valence-corrected chi connectivity index (χ1v) is 13.4. The smallest absolute Gasteiger partial charge is 0.274 e. The van der Waals surface area contributed by atoms with Crippen molar-refractivity contribution in [3.8, 4) is 17.3 Å². The molecule has 38 heavy (non-hydrogen) atoms. The number of amides is 1. The summed E-state index contributed by atoms with van der Waals surface area (Å²) in [5, 5.41) is 21.7. The van der Waals surface area contributed by atoms with Crippen LogP contribution in [0.1, 0.15) is 15.4 Å². The lowest BCUT2D eigenvalue weighted by Gasteiger charge is -2.31. The highest BCUT2D eigenvalue weighted by atomic mass is 35.5. The Bertz CT molecular complexity index is 1540. The summed E-state index contributed by atoms with van der Waals surface area (Å²) in [4.78, 5) is 26.5. The number of piperazine rings is 1. The molecule has 11 nitrogen and oxygen atoms in total. The van der Waals surface area contributed by atoms with Gasteiger partial charge in [-0.2, -0.15) is 10.4 Å². The predicted octanol–water partition coefficient (Wildman–Crippen LogP) is 3.53. The van der Waals surface area contributed by atoms with Gasteiger partial charge < -0.3 is 26.2 Å². The molecule has 3 aromatic heterocycles. The number of benzene rings is 1. The number of nitrogens with one attached hydrogen (secondary N) is 2. The summed E-state index contributed by atoms with van der Waals surface area (Å²) in [6.07, 6.45) is 1.75. The molecule has 1 aromatic carbocycles. The Labute approximate surface area is 232 Å². The van der Waals surface area contributed by atoms with E-state index in [9.17, 15) is 4.79 Å². The first-order valence-electron chi connectivity index (χ1n) is 11.8. The highest BCUT2D eigenvalue weighted by Gasteiger charge is 2.24. The second kappa shape index (κ2) is 11.0. The summed E-state index contributed by atoms with van der Waals surface area (Å²) in [5.41, 5.74) is 8.00. The maximum absolute atomic E-state index is 13.2. The average Bonchev–Trinajstić information content (AvgIpc) is 3.49. The SMILES string of the molecule is CN1CCN(C(=O)c2cc3c(NCCNc4nc(N)c(C#N)s4)nc(-c4ccc(Cl)cc4Cl)cn3n2)CC1. The van der Waals surface area contributed by atoms with Crippen LogP contribution in [0.3, 0.4) is 0 Å². The first kappa shape index (κ1) is 26.0. The fourth-order valence-electron chi connectivity index (χ4n) is 4.06. The molecule has 0 unspecified atom stereocenters. The summed E-state index contributed by atoms with van der Waals surface area (Å²) in [6, 6.07) is 8.96. The third-order valence-corrected chi connectivity index (χ3v) is 7.60. The van der Waals surface area contributed by atoms with Crippen molar-refractivity contribution in [1.82, 2.24) is 29.4 Å². The highest BCUT2D eigenvalue weighted by Crippen LogP contribution is 2.31. The van der Waals surface area contributed by atoms with Crippen LogP contribution >= 0.6 is 34.5 Å². The van der Waals surface area contributed by atoms with E-state index in [-0.39, 0.29) is 11.7 Å². The molecule has 0 saturated carbocycles. The zero-order valence-electron chi connectivity index (χ0n) is 20.4. The minimum Gasteiger partial charge on any atom is -0.382 e. The normalized spacial score (nSPS) is 14.0. The van der Waals surface area contributed by atoms with Crippen molar-refractivity contribution >= 4 is 62.7 Å². The minimum absolute atomic E-state index is 0.116. The van der Waals surface area contributed by atoms with Gasteiger partial charge in [-0.1, -0.05) is 34.5 Å². The molecule has 196 valence electrons. The predicted molar refractivity (Wildman–Crippen MR) is 150 cm³/mol. The number of fused-ring (bicyclic) bond motifs is 1. The van der Waals surface area contributed by atoms with E-state index >= 15 is 0 Å². The second-order valence-electron chi connectivity index (χ2n) is 8.75. The van der Waals surface area contributed by atoms with Gasteiger partial charge >= 0.3 is 0 Å². The van der Waals surface area contributed by atoms with Gasteiger partial charge in [-0.05, 0) is 25.2 Å². The molecule has 1 amide bonds. The fourth-order valence-corrected chi connectivity index (χ4v) is 5.28. The number of hydrogen-bond acceptors (Lipinski definition) is 10. The molecule has 0 spiro atoms. The van der Waals surface area contributed by atoms with Crippen molar-refractivity contribution in [2.75, 3.05) is 62.7 Å². The van der Waals surface area contributed by atoms with Crippen LogP contribution in [0.15, 0.2) is 30.5 Å². The van der Waals surface area contributed by atoms with Crippen LogP contribution in [0.5, 0.6) is 0 Å². The Hall–Kier alpha value is -3.63. The highest BCUT2D eigenvalue weighted by molar-refractivity contribution is 7.16. The molecule has 5 rings (SSSR count). The average molecular weight is 571 g/mol. The van der Waals surface area contributed by atoms with Crippen LogP contribution in [-0.4, -0.2) is 81.6 Å². The Kier molecular flexibility index (Phi) is 7.53. The van der Waals surface area contributed by atoms with E-state index in [2.05, 4.69) is 25.6 Å². The van der Waals surface area contributed by atoms with Crippen molar-refractivity contribution in [2.45, 2.75) is 0 Å². The Balaban J connectivity index is 1.42. The molecule has 1 aliphatic rings. The van der Waals surface area contributed by atoms with Crippen molar-refractivity contribution in [3.05, 3.63) is 51.1 Å². The molecule has 4 aromatic rings. The number of thiazole rings is 1. The quantitative estimate of drug-likeness (QED) is 0.284. The van der Waals surface area contributed by atoms with Crippen LogP contribution in [0, 0.1) is 11.3 Å². The third-order valence-electron chi connectivity index (χ3n) is 6.12. The first-order chi connectivity index (χ1) is 18.3. The van der Waals surface area contributed by atoms with Crippen molar-refractivity contribution in [3.63, 3.8) is 0 Å². The maximum atomic E-state index is 13.2. The second-order valence-corrected chi connectivity index (χ2v) is 10.6. The minimum atomic E-state index is -0.116. The van der Waals surface area contributed by atoms with Gasteiger partial charge in [0.15, 0.2) is 22.5 Å². The van der Waals surface area contributed by atoms with Crippen LogP contribution < -0.4 is 16.4 Å². The van der Waals surface area contributed by atoms with E-state index in [1.807, 2.05) is 18.0 Å². The van der Waals surface area contributed by atoms with Gasteiger partial charge in [0.25, 0.3) is 5.91 Å². The summed E-state index contributed by atoms with van der Waals surface area (Å²) in [6.45, 7) is 3.89. The van der Waals surface area contributed by atoms with E-state index < -0.39 is 0 Å². The molecule has 4 heterocycles. The molecular formula is C24H24Cl2N10OS. The van der Waals surface area contributed by atoms with Gasteiger partial charge in [0.2, 0.25) is 0 Å². The molecule has 1 saturated heterocycles. The molecule has 1 aliphatic heterocycles. The molecule has 0 bridgehead atoms. The molecule has 0 radical (unpaired) electrons. The van der Waals surface area contributed by atoms with E-state index in [1.165, 1.54) is 11.3 Å². The van der Waals surface area contributed by atoms with Crippen LogP contribution in [-0.2, 0) is 0 Å². The van der Waals surface area contributed by atoms with Gasteiger partial charge in [-0.25, -0.2) is 14.5 Å². The lowest BCUT2D eigenvalue weighted by atomic mass is 10.1. The van der Waals surface area contributed by atoms with Crippen molar-refractivity contribution < 1.29 is 4.79 Å². The number of nitrogen functional groups attached to an aromatic ring is 1. The molecule has 4 N–H and O–H groups in total. The molecule has 1 fully saturated rings. The number of carbonyl (C=O) groups excluding carboxylic acids is 1. The van der Waals surface area contributed by atoms with Gasteiger partial charge in [0.1, 0.15) is 16.5 Å². The van der Waals surface area contributed by atoms with E-state index in [0.717, 1.165) is 13.1 Å². The summed E-state index contributed by atoms with van der Waals surface area (Å²) < 4.78 is 1.65. The van der Waals surface area contributed by atoms with Gasteiger partial charge in [0, 0.05) is 55.9 Å². The summed E-state index contributed by atoms with van der Waals surface area (Å²) in [7, 11) is 2.04. The van der Waals surface area contributed by atoms with Crippen molar-refractivity contribution in [1.29, 1.82) is 5.26 Å². The Morgan fingerprint density at radius 2 is 1.92 bits per heavy atom. The maximum Gasteiger partial charge on any atom is 0.274 e. The van der Waals surface area contributed by atoms with Crippen molar-refractivity contribution in [2.24, 2.45) is 0 Å². The number of rotatable bonds is 7. The Morgan fingerprint density at radius 1 is 1.16 bits per heavy atom. The number of aromatic nitrogens is 4. The molecule has 0 atom stereocenters. The van der Waals surface area contributed by atoms with Gasteiger partial charge in [-0.3, -0.25) is 4.79 Å². The molecule has 14 heteroatoms. The number of hydrogen-bond donors (Lipinski definition) is 3.